The highest BCUT2D eigenvalue weighted by Gasteiger charge is 2.15. The second kappa shape index (κ2) is 4.36. The van der Waals surface area contributed by atoms with Crippen LogP contribution in [0.5, 0.6) is 0 Å². The number of hydrogen-bond acceptors (Lipinski definition) is 5. The van der Waals surface area contributed by atoms with E-state index in [1.807, 2.05) is 0 Å². The summed E-state index contributed by atoms with van der Waals surface area (Å²) >= 11 is 6.87. The number of nitrogens with zero attached hydrogens (tertiary/aromatic N) is 2. The molecule has 0 aliphatic heterocycles. The summed E-state index contributed by atoms with van der Waals surface area (Å²) in [6, 6.07) is 1.67. The van der Waals surface area contributed by atoms with Crippen molar-refractivity contribution in [2.45, 2.75) is 4.90 Å². The van der Waals surface area contributed by atoms with Crippen molar-refractivity contribution in [2.24, 2.45) is 0 Å². The van der Waals surface area contributed by atoms with Gasteiger partial charge in [-0.15, -0.1) is 0 Å². The molecule has 0 atom stereocenters. The Balaban J connectivity index is 2.29. The Kier molecular flexibility index (Phi) is 3.08. The van der Waals surface area contributed by atoms with E-state index in [4.69, 9.17) is 11.6 Å². The lowest BCUT2D eigenvalue weighted by Gasteiger charge is -2.04. The van der Waals surface area contributed by atoms with E-state index in [9.17, 15) is 8.42 Å². The molecule has 0 fully saturated rings. The van der Waals surface area contributed by atoms with Gasteiger partial charge in [0.1, 0.15) is 4.90 Å². The molecule has 8 heteroatoms. The topological polar surface area (TPSA) is 72.0 Å². The lowest BCUT2D eigenvalue weighted by atomic mass is 10.6. The third-order valence-electron chi connectivity index (χ3n) is 1.68. The second-order valence-corrected chi connectivity index (χ2v) is 5.61. The van der Waals surface area contributed by atoms with Crippen LogP contribution < -0.4 is 4.72 Å². The van der Waals surface area contributed by atoms with Crippen LogP contribution in [0.25, 0.3) is 0 Å². The predicted octanol–water partition coefficient (Wildman–Crippen LogP) is 1.99. The minimum atomic E-state index is -3.63. The number of rotatable bonds is 3. The molecule has 0 aromatic carbocycles. The first-order valence-electron chi connectivity index (χ1n) is 4.10. The first kappa shape index (κ1) is 11.3. The van der Waals surface area contributed by atoms with Crippen LogP contribution in [0.1, 0.15) is 0 Å². The average Bonchev–Trinajstić information content (AvgIpc) is 2.70. The molecule has 0 radical (unpaired) electrons. The van der Waals surface area contributed by atoms with Crippen LogP contribution in [0, 0.1) is 0 Å². The van der Waals surface area contributed by atoms with Crippen LogP contribution in [-0.4, -0.2) is 18.4 Å². The normalized spacial score (nSPS) is 11.3. The highest BCUT2D eigenvalue weighted by molar-refractivity contribution is 7.92. The fourth-order valence-electron chi connectivity index (χ4n) is 0.976. The van der Waals surface area contributed by atoms with E-state index in [0.29, 0.717) is 5.69 Å². The Labute approximate surface area is 101 Å². The minimum Gasteiger partial charge on any atom is -0.279 e. The molecule has 1 N–H and O–H groups in total. The third kappa shape index (κ3) is 2.49. The summed E-state index contributed by atoms with van der Waals surface area (Å²) in [5.74, 6) is 0. The average molecular weight is 276 g/mol. The van der Waals surface area contributed by atoms with Crippen molar-refractivity contribution in [3.05, 3.63) is 34.5 Å². The van der Waals surface area contributed by atoms with Crippen molar-refractivity contribution in [2.75, 3.05) is 4.72 Å². The highest BCUT2D eigenvalue weighted by atomic mass is 35.5. The van der Waals surface area contributed by atoms with Crippen LogP contribution >= 0.6 is 22.9 Å². The monoisotopic (exact) mass is 275 g/mol. The van der Waals surface area contributed by atoms with Crippen LogP contribution in [-0.2, 0) is 10.0 Å². The maximum Gasteiger partial charge on any atom is 0.265 e. The predicted molar refractivity (Wildman–Crippen MR) is 62.2 cm³/mol. The van der Waals surface area contributed by atoms with Crippen molar-refractivity contribution in [1.82, 2.24) is 9.97 Å². The SMILES string of the molecule is O=S(=O)(Nc1ccsc1)c1cnc(Cl)nc1. The molecule has 5 nitrogen and oxygen atoms in total. The smallest absolute Gasteiger partial charge is 0.265 e. The Morgan fingerprint density at radius 3 is 2.56 bits per heavy atom. The summed E-state index contributed by atoms with van der Waals surface area (Å²) in [5, 5.41) is 3.47. The molecule has 2 heterocycles. The molecular weight excluding hydrogens is 270 g/mol. The largest absolute Gasteiger partial charge is 0.279 e. The van der Waals surface area contributed by atoms with Crippen molar-refractivity contribution in [3.63, 3.8) is 0 Å². The number of thiophene rings is 1. The Morgan fingerprint density at radius 2 is 2.00 bits per heavy atom. The molecule has 0 bridgehead atoms. The second-order valence-electron chi connectivity index (χ2n) is 2.81. The number of halogens is 1. The summed E-state index contributed by atoms with van der Waals surface area (Å²) in [4.78, 5) is 7.20. The van der Waals surface area contributed by atoms with Gasteiger partial charge in [-0.05, 0) is 23.0 Å². The lowest BCUT2D eigenvalue weighted by Crippen LogP contribution is -2.13. The molecule has 84 valence electrons. The van der Waals surface area contributed by atoms with E-state index in [2.05, 4.69) is 14.7 Å². The molecule has 2 aromatic heterocycles. The quantitative estimate of drug-likeness (QED) is 0.870. The van der Waals surface area contributed by atoms with E-state index in [1.165, 1.54) is 11.3 Å². The molecule has 2 rings (SSSR count). The van der Waals surface area contributed by atoms with Gasteiger partial charge in [-0.25, -0.2) is 18.4 Å². The first-order chi connectivity index (χ1) is 7.58. The van der Waals surface area contributed by atoms with Crippen LogP contribution in [0.3, 0.4) is 0 Å². The van der Waals surface area contributed by atoms with Crippen LogP contribution in [0.15, 0.2) is 34.1 Å². The van der Waals surface area contributed by atoms with E-state index in [1.54, 1.807) is 16.8 Å². The maximum absolute atomic E-state index is 11.8. The lowest BCUT2D eigenvalue weighted by molar-refractivity contribution is 0.600. The van der Waals surface area contributed by atoms with E-state index >= 15 is 0 Å². The van der Waals surface area contributed by atoms with Crippen molar-refractivity contribution < 1.29 is 8.42 Å². The van der Waals surface area contributed by atoms with Crippen LogP contribution in [0.2, 0.25) is 5.28 Å². The van der Waals surface area contributed by atoms with Gasteiger partial charge in [0.2, 0.25) is 5.28 Å². The molecule has 0 aliphatic rings. The van der Waals surface area contributed by atoms with Crippen molar-refractivity contribution >= 4 is 38.6 Å². The van der Waals surface area contributed by atoms with Gasteiger partial charge in [-0.1, -0.05) is 0 Å². The van der Waals surface area contributed by atoms with Gasteiger partial charge in [0, 0.05) is 5.38 Å². The van der Waals surface area contributed by atoms with Gasteiger partial charge in [-0.3, -0.25) is 4.72 Å². The number of nitrogens with one attached hydrogen (secondary N) is 1. The van der Waals surface area contributed by atoms with Gasteiger partial charge in [0.25, 0.3) is 10.0 Å². The number of sulfonamides is 1. The van der Waals surface area contributed by atoms with Gasteiger partial charge in [0.15, 0.2) is 0 Å². The third-order valence-corrected chi connectivity index (χ3v) is 3.89. The molecule has 0 aliphatic carbocycles. The molecule has 0 saturated heterocycles. The number of hydrogen-bond donors (Lipinski definition) is 1. The van der Waals surface area contributed by atoms with Gasteiger partial charge < -0.3 is 0 Å². The molecule has 16 heavy (non-hydrogen) atoms. The zero-order chi connectivity index (χ0) is 11.6. The van der Waals surface area contributed by atoms with Gasteiger partial charge >= 0.3 is 0 Å². The Hall–Kier alpha value is -1.18. The van der Waals surface area contributed by atoms with Gasteiger partial charge in [0.05, 0.1) is 18.1 Å². The number of anilines is 1. The number of aromatic nitrogens is 2. The van der Waals surface area contributed by atoms with Crippen molar-refractivity contribution in [1.29, 1.82) is 0 Å². The molecular formula is C8H6ClN3O2S2. The van der Waals surface area contributed by atoms with E-state index in [0.717, 1.165) is 12.4 Å². The summed E-state index contributed by atoms with van der Waals surface area (Å²) in [6.07, 6.45) is 2.31. The zero-order valence-corrected chi connectivity index (χ0v) is 10.2. The highest BCUT2D eigenvalue weighted by Crippen LogP contribution is 2.17. The van der Waals surface area contributed by atoms with Crippen LogP contribution in [0.4, 0.5) is 5.69 Å². The van der Waals surface area contributed by atoms with E-state index in [-0.39, 0.29) is 10.2 Å². The molecule has 0 spiro atoms. The summed E-state index contributed by atoms with van der Waals surface area (Å²) in [5.41, 5.74) is 0.514. The Bertz CT molecular complexity index is 566. The summed E-state index contributed by atoms with van der Waals surface area (Å²) in [7, 11) is -3.63. The maximum atomic E-state index is 11.8. The summed E-state index contributed by atoms with van der Waals surface area (Å²) in [6.45, 7) is 0. The summed E-state index contributed by atoms with van der Waals surface area (Å²) < 4.78 is 26.0. The molecule has 0 saturated carbocycles. The standard InChI is InChI=1S/C8H6ClN3O2S2/c9-8-10-3-7(4-11-8)16(13,14)12-6-1-2-15-5-6/h1-5,12H. The fourth-order valence-corrected chi connectivity index (χ4v) is 2.67. The Morgan fingerprint density at radius 1 is 1.31 bits per heavy atom. The minimum absolute atomic E-state index is 0.00878. The van der Waals surface area contributed by atoms with Gasteiger partial charge in [-0.2, -0.15) is 11.3 Å². The molecule has 2 aromatic rings. The fraction of sp³-hybridized carbons (Fsp3) is 0. The molecule has 0 unspecified atom stereocenters. The van der Waals surface area contributed by atoms with E-state index < -0.39 is 10.0 Å². The van der Waals surface area contributed by atoms with Crippen molar-refractivity contribution in [3.8, 4) is 0 Å². The zero-order valence-electron chi connectivity index (χ0n) is 7.79. The molecule has 0 amide bonds. The first-order valence-corrected chi connectivity index (χ1v) is 6.91.